The average molecular weight is 445 g/mol. The fourth-order valence-corrected chi connectivity index (χ4v) is 3.60. The van der Waals surface area contributed by atoms with Crippen LogP contribution in [-0.2, 0) is 20.9 Å². The van der Waals surface area contributed by atoms with Crippen LogP contribution in [0.25, 0.3) is 6.08 Å². The Kier molecular flexibility index (Phi) is 7.30. The lowest BCUT2D eigenvalue weighted by Crippen LogP contribution is -2.34. The van der Waals surface area contributed by atoms with E-state index in [1.165, 1.54) is 19.2 Å². The maximum absolute atomic E-state index is 13.1. The molecule has 0 N–H and O–H groups in total. The van der Waals surface area contributed by atoms with Crippen LogP contribution >= 0.6 is 11.8 Å². The molecule has 162 valence electrons. The fourth-order valence-electron chi connectivity index (χ4n) is 2.76. The van der Waals surface area contributed by atoms with E-state index in [-0.39, 0.29) is 23.9 Å². The number of halogens is 1. The lowest BCUT2D eigenvalue weighted by Gasteiger charge is -2.12. The molecule has 1 saturated heterocycles. The highest BCUT2D eigenvalue weighted by atomic mass is 32.2. The molecule has 9 heteroatoms. The summed E-state index contributed by atoms with van der Waals surface area (Å²) in [4.78, 5) is 37.3. The molecule has 1 aliphatic rings. The number of rotatable bonds is 8. The number of ether oxygens (including phenoxy) is 3. The molecule has 0 radical (unpaired) electrons. The summed E-state index contributed by atoms with van der Waals surface area (Å²) >= 11 is 0.747. The Hall–Kier alpha value is -3.33. The minimum Gasteiger partial charge on any atom is -0.493 e. The molecule has 2 amide bonds. The largest absolute Gasteiger partial charge is 0.493 e. The number of carbonyl (C=O) groups excluding carboxylic acids is 3. The Morgan fingerprint density at radius 3 is 2.55 bits per heavy atom. The third kappa shape index (κ3) is 5.64. The summed E-state index contributed by atoms with van der Waals surface area (Å²) in [7, 11) is 1.50. The lowest BCUT2D eigenvalue weighted by atomic mass is 10.1. The van der Waals surface area contributed by atoms with Crippen molar-refractivity contribution in [2.75, 3.05) is 20.3 Å². The van der Waals surface area contributed by atoms with Crippen molar-refractivity contribution in [2.24, 2.45) is 0 Å². The molecule has 1 heterocycles. The SMILES string of the molecule is CCOC(=O)CN1C(=O)S/C(=C\c2ccc(OC)c(OCc3ccc(F)cc3)c2)C1=O. The Morgan fingerprint density at radius 2 is 1.87 bits per heavy atom. The van der Waals surface area contributed by atoms with Gasteiger partial charge in [0, 0.05) is 0 Å². The van der Waals surface area contributed by atoms with E-state index in [9.17, 15) is 18.8 Å². The summed E-state index contributed by atoms with van der Waals surface area (Å²) in [5, 5.41) is -0.536. The Labute approximate surface area is 182 Å². The molecule has 2 aromatic rings. The Bertz CT molecular complexity index is 1020. The van der Waals surface area contributed by atoms with Crippen LogP contribution in [0.3, 0.4) is 0 Å². The van der Waals surface area contributed by atoms with Crippen molar-refractivity contribution >= 4 is 35.0 Å². The number of amides is 2. The van der Waals surface area contributed by atoms with E-state index in [0.717, 1.165) is 22.2 Å². The molecular formula is C22H20FNO6S. The molecule has 2 aromatic carbocycles. The van der Waals surface area contributed by atoms with Gasteiger partial charge in [-0.1, -0.05) is 18.2 Å². The standard InChI is InChI=1S/C22H20FNO6S/c1-3-29-20(25)12-24-21(26)19(31-22(24)27)11-15-6-9-17(28-2)18(10-15)30-13-14-4-7-16(23)8-5-14/h4-11H,3,12-13H2,1-2H3/b19-11-. The van der Waals surface area contributed by atoms with Gasteiger partial charge in [-0.15, -0.1) is 0 Å². The minimum atomic E-state index is -0.646. The first-order chi connectivity index (χ1) is 14.9. The van der Waals surface area contributed by atoms with Gasteiger partial charge in [0.1, 0.15) is 19.0 Å². The second-order valence-corrected chi connectivity index (χ2v) is 7.39. The average Bonchev–Trinajstić information content (AvgIpc) is 3.01. The summed E-state index contributed by atoms with van der Waals surface area (Å²) in [6.45, 7) is 1.57. The van der Waals surface area contributed by atoms with Crippen molar-refractivity contribution in [1.29, 1.82) is 0 Å². The Morgan fingerprint density at radius 1 is 1.13 bits per heavy atom. The van der Waals surface area contributed by atoms with Crippen molar-refractivity contribution in [1.82, 2.24) is 4.90 Å². The van der Waals surface area contributed by atoms with Gasteiger partial charge in [-0.05, 0) is 60.2 Å². The second-order valence-electron chi connectivity index (χ2n) is 6.40. The third-order valence-electron chi connectivity index (χ3n) is 4.26. The fraction of sp³-hybridized carbons (Fsp3) is 0.227. The first-order valence-corrected chi connectivity index (χ1v) is 10.2. The number of hydrogen-bond donors (Lipinski definition) is 0. The van der Waals surface area contributed by atoms with Gasteiger partial charge in [0.25, 0.3) is 11.1 Å². The van der Waals surface area contributed by atoms with Gasteiger partial charge in [-0.3, -0.25) is 19.3 Å². The summed E-state index contributed by atoms with van der Waals surface area (Å²) in [6.07, 6.45) is 1.54. The number of methoxy groups -OCH3 is 1. The smallest absolute Gasteiger partial charge is 0.326 e. The number of benzene rings is 2. The highest BCUT2D eigenvalue weighted by Gasteiger charge is 2.36. The number of imide groups is 1. The van der Waals surface area contributed by atoms with Crippen LogP contribution in [-0.4, -0.2) is 42.3 Å². The van der Waals surface area contributed by atoms with Gasteiger partial charge < -0.3 is 14.2 Å². The predicted molar refractivity (Wildman–Crippen MR) is 113 cm³/mol. The van der Waals surface area contributed by atoms with Crippen LogP contribution in [0.2, 0.25) is 0 Å². The normalized spacial score (nSPS) is 14.8. The van der Waals surface area contributed by atoms with Crippen molar-refractivity contribution in [3.63, 3.8) is 0 Å². The van der Waals surface area contributed by atoms with Crippen LogP contribution in [0.4, 0.5) is 9.18 Å². The molecule has 0 unspecified atom stereocenters. The predicted octanol–water partition coefficient (Wildman–Crippen LogP) is 4.01. The number of nitrogens with zero attached hydrogens (tertiary/aromatic N) is 1. The molecule has 0 atom stereocenters. The van der Waals surface area contributed by atoms with E-state index in [4.69, 9.17) is 14.2 Å². The van der Waals surface area contributed by atoms with Crippen molar-refractivity contribution in [3.05, 3.63) is 64.3 Å². The zero-order valence-corrected chi connectivity index (χ0v) is 17.7. The van der Waals surface area contributed by atoms with Gasteiger partial charge >= 0.3 is 5.97 Å². The highest BCUT2D eigenvalue weighted by Crippen LogP contribution is 2.34. The molecule has 1 fully saturated rings. The first-order valence-electron chi connectivity index (χ1n) is 9.37. The van der Waals surface area contributed by atoms with Crippen molar-refractivity contribution in [2.45, 2.75) is 13.5 Å². The molecule has 7 nitrogen and oxygen atoms in total. The maximum Gasteiger partial charge on any atom is 0.326 e. The van der Waals surface area contributed by atoms with E-state index < -0.39 is 23.7 Å². The molecule has 1 aliphatic heterocycles. The number of thioether (sulfide) groups is 1. The van der Waals surface area contributed by atoms with E-state index in [1.54, 1.807) is 43.3 Å². The highest BCUT2D eigenvalue weighted by molar-refractivity contribution is 8.18. The van der Waals surface area contributed by atoms with Crippen molar-refractivity contribution < 1.29 is 33.0 Å². The lowest BCUT2D eigenvalue weighted by molar-refractivity contribution is -0.145. The zero-order valence-electron chi connectivity index (χ0n) is 16.9. The molecule has 0 saturated carbocycles. The summed E-state index contributed by atoms with van der Waals surface area (Å²) < 4.78 is 29.0. The van der Waals surface area contributed by atoms with Gasteiger partial charge in [-0.2, -0.15) is 0 Å². The summed E-state index contributed by atoms with van der Waals surface area (Å²) in [5.41, 5.74) is 1.38. The van der Waals surface area contributed by atoms with Crippen LogP contribution in [0.5, 0.6) is 11.5 Å². The van der Waals surface area contributed by atoms with Gasteiger partial charge in [0.2, 0.25) is 0 Å². The first kappa shape index (κ1) is 22.4. The van der Waals surface area contributed by atoms with Crippen molar-refractivity contribution in [3.8, 4) is 11.5 Å². The molecule has 31 heavy (non-hydrogen) atoms. The summed E-state index contributed by atoms with van der Waals surface area (Å²) in [5.74, 6) is -0.638. The molecular weight excluding hydrogens is 425 g/mol. The van der Waals surface area contributed by atoms with Gasteiger partial charge in [0.05, 0.1) is 18.6 Å². The molecule has 3 rings (SSSR count). The third-order valence-corrected chi connectivity index (χ3v) is 5.17. The zero-order chi connectivity index (χ0) is 22.4. The van der Waals surface area contributed by atoms with E-state index >= 15 is 0 Å². The Balaban J connectivity index is 1.76. The van der Waals surface area contributed by atoms with Gasteiger partial charge in [0.15, 0.2) is 11.5 Å². The molecule has 0 aromatic heterocycles. The molecule has 0 aliphatic carbocycles. The number of carbonyl (C=O) groups is 3. The maximum atomic E-state index is 13.1. The number of hydrogen-bond acceptors (Lipinski definition) is 7. The monoisotopic (exact) mass is 445 g/mol. The molecule has 0 spiro atoms. The van der Waals surface area contributed by atoms with Crippen LogP contribution < -0.4 is 9.47 Å². The van der Waals surface area contributed by atoms with E-state index in [2.05, 4.69) is 0 Å². The summed E-state index contributed by atoms with van der Waals surface area (Å²) in [6, 6.07) is 11.0. The van der Waals surface area contributed by atoms with Gasteiger partial charge in [-0.25, -0.2) is 4.39 Å². The topological polar surface area (TPSA) is 82.1 Å². The van der Waals surface area contributed by atoms with Crippen LogP contribution in [0, 0.1) is 5.82 Å². The number of esters is 1. The quantitative estimate of drug-likeness (QED) is 0.448. The second kappa shape index (κ2) is 10.1. The molecule has 0 bridgehead atoms. The van der Waals surface area contributed by atoms with E-state index in [1.807, 2.05) is 0 Å². The van der Waals surface area contributed by atoms with E-state index in [0.29, 0.717) is 17.1 Å². The van der Waals surface area contributed by atoms with Crippen LogP contribution in [0.1, 0.15) is 18.1 Å². The minimum absolute atomic E-state index is 0.164. The van der Waals surface area contributed by atoms with Crippen LogP contribution in [0.15, 0.2) is 47.4 Å².